The highest BCUT2D eigenvalue weighted by atomic mass is 19.4. The Labute approximate surface area is 176 Å². The third kappa shape index (κ3) is 4.99. The van der Waals surface area contributed by atoms with Gasteiger partial charge >= 0.3 is 41.8 Å². The maximum atomic E-state index is 14.0. The van der Waals surface area contributed by atoms with Crippen LogP contribution in [0.4, 0.5) is 57.1 Å². The van der Waals surface area contributed by atoms with Gasteiger partial charge in [-0.25, -0.2) is 0 Å². The number of esters is 1. The zero-order chi connectivity index (χ0) is 26.3. The number of carbonyl (C=O) groups is 1. The van der Waals surface area contributed by atoms with Crippen molar-refractivity contribution in [1.82, 2.24) is 0 Å². The van der Waals surface area contributed by atoms with E-state index in [1.807, 2.05) is 0 Å². The van der Waals surface area contributed by atoms with Crippen LogP contribution in [-0.4, -0.2) is 48.9 Å². The van der Waals surface area contributed by atoms with Gasteiger partial charge in [-0.1, -0.05) is 12.1 Å². The molecule has 0 fully saturated rings. The molecule has 1 rings (SSSR count). The van der Waals surface area contributed by atoms with Crippen molar-refractivity contribution in [3.63, 3.8) is 0 Å². The molecule has 16 heteroatoms. The quantitative estimate of drug-likeness (QED) is 0.218. The van der Waals surface area contributed by atoms with Gasteiger partial charge < -0.3 is 9.47 Å². The normalized spacial score (nSPS) is 15.4. The topological polar surface area (TPSA) is 35.5 Å². The van der Waals surface area contributed by atoms with Crippen LogP contribution in [0.3, 0.4) is 0 Å². The van der Waals surface area contributed by atoms with E-state index in [1.54, 1.807) is 0 Å². The van der Waals surface area contributed by atoms with Crippen molar-refractivity contribution in [1.29, 1.82) is 0 Å². The summed E-state index contributed by atoms with van der Waals surface area (Å²) in [6, 6.07) is 3.49. The third-order valence-electron chi connectivity index (χ3n) is 4.24. The average Bonchev–Trinajstić information content (AvgIpc) is 2.64. The van der Waals surface area contributed by atoms with Crippen LogP contribution in [0.2, 0.25) is 0 Å². The highest BCUT2D eigenvalue weighted by molar-refractivity contribution is 5.69. The summed E-state index contributed by atoms with van der Waals surface area (Å²) in [5.41, 5.74) is -0.473. The zero-order valence-electron chi connectivity index (χ0n) is 16.2. The Kier molecular flexibility index (Phi) is 7.70. The number of alkyl halides is 13. The van der Waals surface area contributed by atoms with Gasteiger partial charge in [0.1, 0.15) is 5.75 Å². The molecule has 0 aliphatic heterocycles. The summed E-state index contributed by atoms with van der Waals surface area (Å²) in [5.74, 6) is -38.3. The van der Waals surface area contributed by atoms with Crippen LogP contribution in [-0.2, 0) is 9.53 Å². The molecule has 190 valence electrons. The molecule has 0 aliphatic carbocycles. The van der Waals surface area contributed by atoms with Crippen molar-refractivity contribution in [2.75, 3.05) is 7.11 Å². The van der Waals surface area contributed by atoms with Gasteiger partial charge in [0.2, 0.25) is 0 Å². The molecular formula is C17H13F13O3. The summed E-state index contributed by atoms with van der Waals surface area (Å²) in [7, 11) is 0.601. The number of methoxy groups -OCH3 is 1. The average molecular weight is 512 g/mol. The third-order valence-corrected chi connectivity index (χ3v) is 4.24. The molecule has 0 aliphatic rings. The second-order valence-electron chi connectivity index (χ2n) is 6.59. The Hall–Kier alpha value is -2.26. The lowest BCUT2D eigenvalue weighted by Gasteiger charge is -2.40. The Bertz CT molecular complexity index is 832. The van der Waals surface area contributed by atoms with Crippen molar-refractivity contribution >= 4 is 5.97 Å². The molecule has 3 nitrogen and oxygen atoms in total. The number of carbonyl (C=O) groups excluding carboxylic acids is 1. The molecule has 0 N–H and O–H groups in total. The van der Waals surface area contributed by atoms with Gasteiger partial charge in [-0.2, -0.15) is 57.1 Å². The molecule has 0 heterocycles. The van der Waals surface area contributed by atoms with Crippen molar-refractivity contribution < 1.29 is 71.3 Å². The van der Waals surface area contributed by atoms with Gasteiger partial charge in [0.15, 0.2) is 0 Å². The Balaban J connectivity index is 3.34. The van der Waals surface area contributed by atoms with Crippen molar-refractivity contribution in [3.05, 3.63) is 29.8 Å². The molecule has 0 saturated carbocycles. The first kappa shape index (κ1) is 28.8. The van der Waals surface area contributed by atoms with E-state index in [4.69, 9.17) is 0 Å². The smallest absolute Gasteiger partial charge is 0.427 e. The lowest BCUT2D eigenvalue weighted by atomic mass is 9.90. The molecular weight excluding hydrogens is 499 g/mol. The van der Waals surface area contributed by atoms with E-state index >= 15 is 0 Å². The molecule has 1 atom stereocenters. The van der Waals surface area contributed by atoms with E-state index in [2.05, 4.69) is 9.47 Å². The number of rotatable bonds is 9. The lowest BCUT2D eigenvalue weighted by Crippen LogP contribution is -2.70. The SMILES string of the molecule is COC(CC(F)(F)C(F)(F)C(F)(F)C(F)(F)C(F)(F)C(F)(F)F)c1ccc(OC(C)=O)cc1. The van der Waals surface area contributed by atoms with E-state index < -0.39 is 59.8 Å². The summed E-state index contributed by atoms with van der Waals surface area (Å²) in [5, 5.41) is 0. The van der Waals surface area contributed by atoms with E-state index in [0.29, 0.717) is 7.11 Å². The van der Waals surface area contributed by atoms with E-state index in [-0.39, 0.29) is 5.75 Å². The van der Waals surface area contributed by atoms with Crippen LogP contribution in [0, 0.1) is 0 Å². The van der Waals surface area contributed by atoms with Crippen LogP contribution >= 0.6 is 0 Å². The van der Waals surface area contributed by atoms with Crippen molar-refractivity contribution in [2.45, 2.75) is 55.2 Å². The summed E-state index contributed by atoms with van der Waals surface area (Å²) in [6.45, 7) is 0.979. The van der Waals surface area contributed by atoms with Crippen LogP contribution in [0.25, 0.3) is 0 Å². The number of halogens is 13. The molecule has 0 amide bonds. The first-order chi connectivity index (χ1) is 14.6. The first-order valence-corrected chi connectivity index (χ1v) is 8.33. The Morgan fingerprint density at radius 1 is 0.758 bits per heavy atom. The minimum atomic E-state index is -7.96. The van der Waals surface area contributed by atoms with Gasteiger partial charge in [-0.3, -0.25) is 4.79 Å². The van der Waals surface area contributed by atoms with Crippen LogP contribution in [0.5, 0.6) is 5.75 Å². The fraction of sp³-hybridized carbons (Fsp3) is 0.588. The second kappa shape index (κ2) is 8.83. The maximum absolute atomic E-state index is 14.0. The molecule has 0 aromatic heterocycles. The highest BCUT2D eigenvalue weighted by Gasteiger charge is 2.90. The standard InChI is InChI=1S/C17H13F13O3/c1-8(31)33-10-5-3-9(4-6-10)11(32-2)7-12(18,19)13(20,21)14(22,23)15(24,25)16(26,27)17(28,29)30/h3-6,11H,7H2,1-2H3. The molecule has 1 aromatic rings. The number of benzene rings is 1. The monoisotopic (exact) mass is 512 g/mol. The van der Waals surface area contributed by atoms with Gasteiger partial charge in [-0.05, 0) is 17.7 Å². The predicted molar refractivity (Wildman–Crippen MR) is 82.9 cm³/mol. The molecule has 1 unspecified atom stereocenters. The van der Waals surface area contributed by atoms with Gasteiger partial charge in [-0.15, -0.1) is 0 Å². The molecule has 0 bridgehead atoms. The maximum Gasteiger partial charge on any atom is 0.460 e. The summed E-state index contributed by atoms with van der Waals surface area (Å²) in [6.07, 6.45) is -12.3. The fourth-order valence-corrected chi connectivity index (χ4v) is 2.42. The van der Waals surface area contributed by atoms with Crippen molar-refractivity contribution in [2.24, 2.45) is 0 Å². The Morgan fingerprint density at radius 2 is 1.18 bits per heavy atom. The van der Waals surface area contributed by atoms with E-state index in [9.17, 15) is 61.9 Å². The minimum Gasteiger partial charge on any atom is -0.427 e. The largest absolute Gasteiger partial charge is 0.460 e. The van der Waals surface area contributed by atoms with E-state index in [1.165, 1.54) is 0 Å². The van der Waals surface area contributed by atoms with Crippen LogP contribution in [0.1, 0.15) is 25.0 Å². The molecule has 0 spiro atoms. The molecule has 1 aromatic carbocycles. The molecule has 0 radical (unpaired) electrons. The highest BCUT2D eigenvalue weighted by Crippen LogP contribution is 2.61. The minimum absolute atomic E-state index is 0.182. The number of ether oxygens (including phenoxy) is 2. The predicted octanol–water partition coefficient (Wildman–Crippen LogP) is 6.43. The van der Waals surface area contributed by atoms with Crippen molar-refractivity contribution in [3.8, 4) is 5.75 Å². The lowest BCUT2D eigenvalue weighted by molar-refractivity contribution is -0.440. The second-order valence-corrected chi connectivity index (χ2v) is 6.59. The van der Waals surface area contributed by atoms with Gasteiger partial charge in [0, 0.05) is 20.5 Å². The summed E-state index contributed by atoms with van der Waals surface area (Å²) >= 11 is 0. The zero-order valence-corrected chi connectivity index (χ0v) is 16.2. The summed E-state index contributed by atoms with van der Waals surface area (Å²) in [4.78, 5) is 10.8. The van der Waals surface area contributed by atoms with Crippen LogP contribution in [0.15, 0.2) is 24.3 Å². The molecule has 33 heavy (non-hydrogen) atoms. The van der Waals surface area contributed by atoms with Gasteiger partial charge in [0.05, 0.1) is 6.10 Å². The fourth-order valence-electron chi connectivity index (χ4n) is 2.42. The Morgan fingerprint density at radius 3 is 1.55 bits per heavy atom. The van der Waals surface area contributed by atoms with Crippen LogP contribution < -0.4 is 4.74 Å². The van der Waals surface area contributed by atoms with E-state index in [0.717, 1.165) is 31.2 Å². The number of hydrogen-bond donors (Lipinski definition) is 0. The summed E-state index contributed by atoms with van der Waals surface area (Å²) < 4.78 is 180. The first-order valence-electron chi connectivity index (χ1n) is 8.33. The number of hydrogen-bond acceptors (Lipinski definition) is 3. The molecule has 0 saturated heterocycles. The van der Waals surface area contributed by atoms with Gasteiger partial charge in [0.25, 0.3) is 0 Å².